The van der Waals surface area contributed by atoms with E-state index in [2.05, 4.69) is 103 Å². The van der Waals surface area contributed by atoms with Crippen molar-refractivity contribution in [2.24, 2.45) is 0 Å². The number of hydrogen-bond donors (Lipinski definition) is 0. The van der Waals surface area contributed by atoms with E-state index in [1.165, 1.54) is 22.3 Å². The van der Waals surface area contributed by atoms with Crippen LogP contribution in [-0.4, -0.2) is 9.88 Å². The van der Waals surface area contributed by atoms with Crippen LogP contribution in [0.4, 0.5) is 0 Å². The number of aryl methyl sites for hydroxylation is 2. The smallest absolute Gasteiger partial charge is 0.133 e. The Morgan fingerprint density at radius 1 is 0.600 bits per heavy atom. The topological polar surface area (TPSA) is 16.1 Å². The van der Waals surface area contributed by atoms with Crippen LogP contribution in [-0.2, 0) is 32.5 Å². The molecule has 0 unspecified atom stereocenters. The molecular weight excluding hydrogens is 448 g/mol. The van der Waals surface area contributed by atoms with Crippen molar-refractivity contribution in [3.63, 3.8) is 0 Å². The zero-order valence-electron chi connectivity index (χ0n) is 20.9. The van der Waals surface area contributed by atoms with Crippen LogP contribution in [0.25, 0.3) is 11.1 Å². The minimum Gasteiger partial charge on any atom is -0.290 e. The van der Waals surface area contributed by atoms with Crippen LogP contribution in [0.2, 0.25) is 5.15 Å². The van der Waals surface area contributed by atoms with Crippen LogP contribution >= 0.6 is 11.6 Å². The first-order valence-electron chi connectivity index (χ1n) is 12.7. The lowest BCUT2D eigenvalue weighted by molar-refractivity contribution is 0.246. The van der Waals surface area contributed by atoms with E-state index >= 15 is 0 Å². The third-order valence-corrected chi connectivity index (χ3v) is 6.82. The van der Waals surface area contributed by atoms with Gasteiger partial charge >= 0.3 is 0 Å². The number of pyridine rings is 1. The summed E-state index contributed by atoms with van der Waals surface area (Å²) in [6, 6.07) is 30.3. The van der Waals surface area contributed by atoms with Gasteiger partial charge in [0.15, 0.2) is 0 Å². The lowest BCUT2D eigenvalue weighted by Crippen LogP contribution is -2.24. The summed E-state index contributed by atoms with van der Waals surface area (Å²) >= 11 is 6.66. The Morgan fingerprint density at radius 2 is 1.09 bits per heavy atom. The Balaban J connectivity index is 1.67. The fourth-order valence-corrected chi connectivity index (χ4v) is 4.90. The summed E-state index contributed by atoms with van der Waals surface area (Å²) in [4.78, 5) is 7.07. The van der Waals surface area contributed by atoms with Gasteiger partial charge in [-0.3, -0.25) is 4.90 Å². The molecule has 4 aromatic rings. The van der Waals surface area contributed by atoms with E-state index in [9.17, 15) is 0 Å². The van der Waals surface area contributed by atoms with Crippen molar-refractivity contribution in [3.05, 3.63) is 124 Å². The monoisotopic (exact) mass is 482 g/mol. The molecule has 3 heteroatoms. The highest BCUT2D eigenvalue weighted by Gasteiger charge is 2.15. The third kappa shape index (κ3) is 6.81. The molecule has 0 spiro atoms. The first-order chi connectivity index (χ1) is 17.2. The lowest BCUT2D eigenvalue weighted by atomic mass is 10.00. The Kier molecular flexibility index (Phi) is 9.11. The molecule has 0 N–H and O–H groups in total. The van der Waals surface area contributed by atoms with E-state index in [4.69, 9.17) is 11.6 Å². The highest BCUT2D eigenvalue weighted by molar-refractivity contribution is 6.30. The van der Waals surface area contributed by atoms with Crippen molar-refractivity contribution in [2.75, 3.05) is 0 Å². The van der Waals surface area contributed by atoms with E-state index in [1.54, 1.807) is 0 Å². The van der Waals surface area contributed by atoms with Crippen LogP contribution in [0, 0.1) is 0 Å². The molecule has 0 aliphatic rings. The van der Waals surface area contributed by atoms with Gasteiger partial charge in [-0.05, 0) is 46.7 Å². The van der Waals surface area contributed by atoms with Gasteiger partial charge in [0.1, 0.15) is 5.15 Å². The zero-order chi connectivity index (χ0) is 24.5. The fourth-order valence-electron chi connectivity index (χ4n) is 4.73. The molecule has 0 aliphatic carbocycles. The first kappa shape index (κ1) is 25.2. The molecule has 0 atom stereocenters. The molecule has 2 nitrogen and oxygen atoms in total. The molecule has 0 saturated carbocycles. The van der Waals surface area contributed by atoms with E-state index in [0.717, 1.165) is 62.0 Å². The highest BCUT2D eigenvalue weighted by atomic mass is 35.5. The Labute approximate surface area is 215 Å². The number of halogens is 1. The molecule has 0 saturated heterocycles. The van der Waals surface area contributed by atoms with Crippen LogP contribution in [0.3, 0.4) is 0 Å². The second-order valence-electron chi connectivity index (χ2n) is 9.22. The molecule has 4 rings (SSSR count). The summed E-state index contributed by atoms with van der Waals surface area (Å²) in [5.74, 6) is 0. The van der Waals surface area contributed by atoms with Gasteiger partial charge in [-0.15, -0.1) is 0 Å². The maximum atomic E-state index is 6.66. The van der Waals surface area contributed by atoms with Crippen molar-refractivity contribution in [3.8, 4) is 11.1 Å². The van der Waals surface area contributed by atoms with Crippen LogP contribution in [0.15, 0.2) is 91.1 Å². The molecule has 1 aromatic heterocycles. The van der Waals surface area contributed by atoms with Crippen molar-refractivity contribution in [1.29, 1.82) is 0 Å². The second kappa shape index (κ2) is 12.7. The van der Waals surface area contributed by atoms with Gasteiger partial charge in [-0.1, -0.05) is 117 Å². The fraction of sp³-hybridized carbons (Fsp3) is 0.281. The normalized spacial score (nSPS) is 11.2. The average Bonchev–Trinajstić information content (AvgIpc) is 2.88. The predicted octanol–water partition coefficient (Wildman–Crippen LogP) is 8.51. The van der Waals surface area contributed by atoms with Crippen LogP contribution in [0.1, 0.15) is 54.5 Å². The number of aromatic nitrogens is 1. The summed E-state index contributed by atoms with van der Waals surface area (Å²) in [6.45, 7) is 6.99. The SMILES string of the molecule is CCCc1ccccc1CN(Cc1ccccc1CCC)Cc1cc(-c2ccccc2)cnc1Cl. The average molecular weight is 483 g/mol. The molecule has 180 valence electrons. The Morgan fingerprint density at radius 3 is 1.63 bits per heavy atom. The molecule has 1 heterocycles. The summed E-state index contributed by atoms with van der Waals surface area (Å²) in [6.07, 6.45) is 6.36. The molecule has 0 fully saturated rings. The van der Waals surface area contributed by atoms with Crippen LogP contribution in [0.5, 0.6) is 0 Å². The molecule has 3 aromatic carbocycles. The van der Waals surface area contributed by atoms with Gasteiger partial charge < -0.3 is 0 Å². The molecule has 0 amide bonds. The Bertz CT molecular complexity index is 1170. The van der Waals surface area contributed by atoms with E-state index in [0.29, 0.717) is 5.15 Å². The summed E-state index contributed by atoms with van der Waals surface area (Å²) in [5.41, 5.74) is 8.98. The summed E-state index contributed by atoms with van der Waals surface area (Å²) < 4.78 is 0. The molecule has 0 aliphatic heterocycles. The van der Waals surface area contributed by atoms with Crippen molar-refractivity contribution >= 4 is 11.6 Å². The van der Waals surface area contributed by atoms with E-state index in [1.807, 2.05) is 12.3 Å². The van der Waals surface area contributed by atoms with Gasteiger partial charge in [-0.25, -0.2) is 4.98 Å². The van der Waals surface area contributed by atoms with Crippen LogP contribution < -0.4 is 0 Å². The maximum absolute atomic E-state index is 6.66. The Hall–Kier alpha value is -2.94. The number of hydrogen-bond acceptors (Lipinski definition) is 2. The maximum Gasteiger partial charge on any atom is 0.133 e. The first-order valence-corrected chi connectivity index (χ1v) is 13.1. The standard InChI is InChI=1S/C32H35ClN2/c1-3-12-25-16-8-10-18-28(25)22-35(23-29-19-11-9-17-26(29)13-4-2)24-31-20-30(21-34-32(31)33)27-14-6-5-7-15-27/h5-11,14-21H,3-4,12-13,22-24H2,1-2H3. The largest absolute Gasteiger partial charge is 0.290 e. The zero-order valence-corrected chi connectivity index (χ0v) is 21.6. The van der Waals surface area contributed by atoms with Gasteiger partial charge in [0.2, 0.25) is 0 Å². The second-order valence-corrected chi connectivity index (χ2v) is 9.58. The number of nitrogens with zero attached hydrogens (tertiary/aromatic N) is 2. The van der Waals surface area contributed by atoms with Crippen molar-refractivity contribution in [2.45, 2.75) is 59.2 Å². The minimum absolute atomic E-state index is 0.582. The van der Waals surface area contributed by atoms with Gasteiger partial charge in [0.05, 0.1) is 0 Å². The number of benzene rings is 3. The highest BCUT2D eigenvalue weighted by Crippen LogP contribution is 2.26. The third-order valence-electron chi connectivity index (χ3n) is 6.48. The summed E-state index contributed by atoms with van der Waals surface area (Å²) in [7, 11) is 0. The van der Waals surface area contributed by atoms with E-state index in [-0.39, 0.29) is 0 Å². The quantitative estimate of drug-likeness (QED) is 0.199. The van der Waals surface area contributed by atoms with E-state index < -0.39 is 0 Å². The van der Waals surface area contributed by atoms with Gasteiger partial charge in [0.25, 0.3) is 0 Å². The summed E-state index contributed by atoms with van der Waals surface area (Å²) in [5, 5.41) is 0.582. The minimum atomic E-state index is 0.582. The lowest BCUT2D eigenvalue weighted by Gasteiger charge is -2.26. The molecule has 0 radical (unpaired) electrons. The van der Waals surface area contributed by atoms with Gasteiger partial charge in [-0.2, -0.15) is 0 Å². The molecule has 0 bridgehead atoms. The number of rotatable bonds is 11. The van der Waals surface area contributed by atoms with Crippen molar-refractivity contribution < 1.29 is 0 Å². The molecule has 35 heavy (non-hydrogen) atoms. The van der Waals surface area contributed by atoms with Gasteiger partial charge in [0, 0.05) is 37.0 Å². The van der Waals surface area contributed by atoms with Crippen molar-refractivity contribution in [1.82, 2.24) is 9.88 Å². The molecular formula is C32H35ClN2. The predicted molar refractivity (Wildman–Crippen MR) is 149 cm³/mol.